The van der Waals surface area contributed by atoms with Crippen molar-refractivity contribution >= 4 is 16.7 Å². The van der Waals surface area contributed by atoms with Crippen LogP contribution in [0.4, 0.5) is 5.82 Å². The summed E-state index contributed by atoms with van der Waals surface area (Å²) < 4.78 is 0. The second kappa shape index (κ2) is 5.15. The zero-order valence-corrected chi connectivity index (χ0v) is 11.3. The van der Waals surface area contributed by atoms with Crippen molar-refractivity contribution in [1.29, 1.82) is 0 Å². The van der Waals surface area contributed by atoms with Crippen LogP contribution in [0.2, 0.25) is 0 Å². The first kappa shape index (κ1) is 12.4. The molecule has 0 aliphatic heterocycles. The number of nitrogens with two attached hydrogens (primary N) is 1. The van der Waals surface area contributed by atoms with Crippen LogP contribution in [0.25, 0.3) is 10.9 Å². The Morgan fingerprint density at radius 1 is 1.37 bits per heavy atom. The van der Waals surface area contributed by atoms with Gasteiger partial charge in [-0.15, -0.1) is 0 Å². The van der Waals surface area contributed by atoms with E-state index >= 15 is 0 Å². The summed E-state index contributed by atoms with van der Waals surface area (Å²) in [4.78, 5) is 7.09. The van der Waals surface area contributed by atoms with Crippen LogP contribution in [0.1, 0.15) is 25.3 Å². The molecule has 0 atom stereocenters. The average molecular weight is 256 g/mol. The number of hydrogen-bond donors (Lipinski definition) is 2. The molecule has 0 amide bonds. The smallest absolute Gasteiger partial charge is 0.145 e. The number of anilines is 1. The maximum absolute atomic E-state index is 5.62. The van der Waals surface area contributed by atoms with Crippen LogP contribution in [-0.4, -0.2) is 22.5 Å². The fourth-order valence-electron chi connectivity index (χ4n) is 2.56. The second-order valence-corrected chi connectivity index (χ2v) is 5.13. The number of hydrazine groups is 1. The van der Waals surface area contributed by atoms with Crippen molar-refractivity contribution < 1.29 is 0 Å². The molecule has 1 aromatic carbocycles. The SMILES string of the molecule is CCN(Cc1cc2ccccc2nc1NN)C1CC1. The van der Waals surface area contributed by atoms with E-state index in [4.69, 9.17) is 5.84 Å². The summed E-state index contributed by atoms with van der Waals surface area (Å²) in [7, 11) is 0. The molecule has 0 saturated heterocycles. The van der Waals surface area contributed by atoms with Gasteiger partial charge in [-0.1, -0.05) is 25.1 Å². The number of hydrogen-bond acceptors (Lipinski definition) is 4. The maximum atomic E-state index is 5.62. The van der Waals surface area contributed by atoms with E-state index in [2.05, 4.69) is 34.4 Å². The van der Waals surface area contributed by atoms with E-state index in [0.717, 1.165) is 30.5 Å². The van der Waals surface area contributed by atoms with E-state index in [-0.39, 0.29) is 0 Å². The number of nitrogen functional groups attached to an aromatic ring is 1. The largest absolute Gasteiger partial charge is 0.308 e. The van der Waals surface area contributed by atoms with Crippen molar-refractivity contribution in [3.05, 3.63) is 35.9 Å². The summed E-state index contributed by atoms with van der Waals surface area (Å²) in [5.74, 6) is 6.41. The first-order valence-electron chi connectivity index (χ1n) is 6.91. The average Bonchev–Trinajstić information content (AvgIpc) is 3.28. The first-order chi connectivity index (χ1) is 9.31. The van der Waals surface area contributed by atoms with Gasteiger partial charge in [0.1, 0.15) is 5.82 Å². The third-order valence-electron chi connectivity index (χ3n) is 3.78. The summed E-state index contributed by atoms with van der Waals surface area (Å²) in [5.41, 5.74) is 4.89. The molecule has 1 aliphatic rings. The third-order valence-corrected chi connectivity index (χ3v) is 3.78. The minimum Gasteiger partial charge on any atom is -0.308 e. The molecule has 4 nitrogen and oxygen atoms in total. The molecule has 4 heteroatoms. The fourth-order valence-corrected chi connectivity index (χ4v) is 2.56. The molecule has 2 aromatic rings. The van der Waals surface area contributed by atoms with Gasteiger partial charge >= 0.3 is 0 Å². The normalized spacial score (nSPS) is 15.1. The van der Waals surface area contributed by atoms with Crippen LogP contribution in [0.15, 0.2) is 30.3 Å². The number of para-hydroxylation sites is 1. The molecule has 19 heavy (non-hydrogen) atoms. The highest BCUT2D eigenvalue weighted by molar-refractivity contribution is 5.81. The number of aromatic nitrogens is 1. The Kier molecular flexibility index (Phi) is 3.36. The van der Waals surface area contributed by atoms with Crippen LogP contribution < -0.4 is 11.3 Å². The van der Waals surface area contributed by atoms with Crippen molar-refractivity contribution in [3.8, 4) is 0 Å². The first-order valence-corrected chi connectivity index (χ1v) is 6.91. The van der Waals surface area contributed by atoms with E-state index in [1.54, 1.807) is 0 Å². The van der Waals surface area contributed by atoms with Gasteiger partial charge < -0.3 is 5.43 Å². The molecule has 0 radical (unpaired) electrons. The number of nitrogens with zero attached hydrogens (tertiary/aromatic N) is 2. The molecule has 1 saturated carbocycles. The highest BCUT2D eigenvalue weighted by atomic mass is 15.3. The van der Waals surface area contributed by atoms with Gasteiger partial charge in [0.25, 0.3) is 0 Å². The maximum Gasteiger partial charge on any atom is 0.145 e. The predicted molar refractivity (Wildman–Crippen MR) is 78.7 cm³/mol. The van der Waals surface area contributed by atoms with Gasteiger partial charge in [-0.25, -0.2) is 10.8 Å². The number of nitrogens with one attached hydrogen (secondary N) is 1. The van der Waals surface area contributed by atoms with Crippen LogP contribution in [0.5, 0.6) is 0 Å². The quantitative estimate of drug-likeness (QED) is 0.637. The molecule has 1 heterocycles. The van der Waals surface area contributed by atoms with E-state index < -0.39 is 0 Å². The van der Waals surface area contributed by atoms with Crippen molar-refractivity contribution in [3.63, 3.8) is 0 Å². The Labute approximate surface area is 113 Å². The van der Waals surface area contributed by atoms with E-state index in [9.17, 15) is 0 Å². The van der Waals surface area contributed by atoms with Gasteiger partial charge in [0, 0.05) is 23.5 Å². The molecule has 1 aliphatic carbocycles. The summed E-state index contributed by atoms with van der Waals surface area (Å²) in [6.45, 7) is 4.20. The monoisotopic (exact) mass is 256 g/mol. The van der Waals surface area contributed by atoms with Gasteiger partial charge in [0.15, 0.2) is 0 Å². The second-order valence-electron chi connectivity index (χ2n) is 5.13. The standard InChI is InChI=1S/C15H20N4/c1-2-19(13-7-8-13)10-12-9-11-5-3-4-6-14(11)17-15(12)18-16/h3-6,9,13H,2,7-8,10,16H2,1H3,(H,17,18). The molecule has 0 spiro atoms. The molecule has 1 aromatic heterocycles. The summed E-state index contributed by atoms with van der Waals surface area (Å²) in [6, 6.07) is 11.1. The lowest BCUT2D eigenvalue weighted by Gasteiger charge is -2.21. The lowest BCUT2D eigenvalue weighted by molar-refractivity contribution is 0.269. The van der Waals surface area contributed by atoms with Gasteiger partial charge in [0.05, 0.1) is 5.52 Å². The van der Waals surface area contributed by atoms with Crippen molar-refractivity contribution in [2.24, 2.45) is 5.84 Å². The molecule has 1 fully saturated rings. The fraction of sp³-hybridized carbons (Fsp3) is 0.400. The van der Waals surface area contributed by atoms with Gasteiger partial charge in [0.2, 0.25) is 0 Å². The lowest BCUT2D eigenvalue weighted by atomic mass is 10.1. The molecule has 0 unspecified atom stereocenters. The number of rotatable bonds is 5. The lowest BCUT2D eigenvalue weighted by Crippen LogP contribution is -2.26. The van der Waals surface area contributed by atoms with E-state index in [1.165, 1.54) is 23.8 Å². The zero-order valence-electron chi connectivity index (χ0n) is 11.3. The van der Waals surface area contributed by atoms with Crippen LogP contribution in [-0.2, 0) is 6.54 Å². The Bertz CT molecular complexity index is 577. The third kappa shape index (κ3) is 2.55. The Morgan fingerprint density at radius 3 is 2.84 bits per heavy atom. The highest BCUT2D eigenvalue weighted by Crippen LogP contribution is 2.29. The minimum atomic E-state index is 0.752. The van der Waals surface area contributed by atoms with Crippen molar-refractivity contribution in [2.75, 3.05) is 12.0 Å². The zero-order chi connectivity index (χ0) is 13.2. The molecule has 0 bridgehead atoms. The summed E-state index contributed by atoms with van der Waals surface area (Å²) in [5, 5.41) is 1.17. The summed E-state index contributed by atoms with van der Waals surface area (Å²) >= 11 is 0. The minimum absolute atomic E-state index is 0.752. The van der Waals surface area contributed by atoms with E-state index in [0.29, 0.717) is 0 Å². The van der Waals surface area contributed by atoms with Crippen molar-refractivity contribution in [2.45, 2.75) is 32.4 Å². The molecular weight excluding hydrogens is 236 g/mol. The van der Waals surface area contributed by atoms with E-state index in [1.807, 2.05) is 18.2 Å². The highest BCUT2D eigenvalue weighted by Gasteiger charge is 2.28. The van der Waals surface area contributed by atoms with Gasteiger partial charge in [-0.3, -0.25) is 4.90 Å². The van der Waals surface area contributed by atoms with Crippen molar-refractivity contribution in [1.82, 2.24) is 9.88 Å². The molecule has 100 valence electrons. The van der Waals surface area contributed by atoms with Crippen LogP contribution >= 0.6 is 0 Å². The number of pyridine rings is 1. The Morgan fingerprint density at radius 2 is 2.16 bits per heavy atom. The van der Waals surface area contributed by atoms with Crippen LogP contribution in [0.3, 0.4) is 0 Å². The number of benzene rings is 1. The molecular formula is C15H20N4. The van der Waals surface area contributed by atoms with Crippen LogP contribution in [0, 0.1) is 0 Å². The Hall–Kier alpha value is -1.65. The van der Waals surface area contributed by atoms with Gasteiger partial charge in [-0.2, -0.15) is 0 Å². The predicted octanol–water partition coefficient (Wildman–Crippen LogP) is 2.50. The topological polar surface area (TPSA) is 54.2 Å². The summed E-state index contributed by atoms with van der Waals surface area (Å²) in [6.07, 6.45) is 2.64. The molecule has 3 N–H and O–H groups in total. The number of fused-ring (bicyclic) bond motifs is 1. The Balaban J connectivity index is 1.95. The van der Waals surface area contributed by atoms with Gasteiger partial charge in [-0.05, 0) is 31.5 Å². The molecule has 3 rings (SSSR count).